The minimum Gasteiger partial charge on any atom is -0.480 e. The molecular formula is C11H19NO3. The lowest BCUT2D eigenvalue weighted by molar-refractivity contribution is -0.153. The SMILES string of the molecule is CCC(C)C(=O)N1CCCCC1C(=O)O. The van der Waals surface area contributed by atoms with Gasteiger partial charge >= 0.3 is 5.97 Å². The Morgan fingerprint density at radius 2 is 2.13 bits per heavy atom. The molecule has 0 saturated carbocycles. The van der Waals surface area contributed by atoms with Crippen molar-refractivity contribution in [2.45, 2.75) is 45.6 Å². The van der Waals surface area contributed by atoms with Gasteiger partial charge in [-0.25, -0.2) is 4.79 Å². The molecule has 0 aromatic carbocycles. The molecule has 0 aromatic heterocycles. The highest BCUT2D eigenvalue weighted by Crippen LogP contribution is 2.20. The molecule has 4 heteroatoms. The standard InChI is InChI=1S/C11H19NO3/c1-3-8(2)10(13)12-7-5-4-6-9(12)11(14)15/h8-9H,3-7H2,1-2H3,(H,14,15). The Morgan fingerprint density at radius 1 is 1.47 bits per heavy atom. The van der Waals surface area contributed by atoms with Gasteiger partial charge in [0.25, 0.3) is 0 Å². The molecule has 2 unspecified atom stereocenters. The average molecular weight is 213 g/mol. The molecular weight excluding hydrogens is 194 g/mol. The van der Waals surface area contributed by atoms with Crippen molar-refractivity contribution in [3.63, 3.8) is 0 Å². The predicted octanol–water partition coefficient (Wildman–Crippen LogP) is 1.50. The lowest BCUT2D eigenvalue weighted by Gasteiger charge is -2.34. The van der Waals surface area contributed by atoms with Crippen LogP contribution in [0.2, 0.25) is 0 Å². The normalized spacial score (nSPS) is 23.6. The molecule has 1 saturated heterocycles. The Morgan fingerprint density at radius 3 is 2.67 bits per heavy atom. The maximum atomic E-state index is 11.9. The molecule has 1 heterocycles. The Labute approximate surface area is 90.3 Å². The molecule has 1 aliphatic rings. The summed E-state index contributed by atoms with van der Waals surface area (Å²) in [6.45, 7) is 4.40. The summed E-state index contributed by atoms with van der Waals surface area (Å²) in [6, 6.07) is -0.597. The van der Waals surface area contributed by atoms with E-state index in [2.05, 4.69) is 0 Å². The van der Waals surface area contributed by atoms with E-state index < -0.39 is 12.0 Å². The van der Waals surface area contributed by atoms with E-state index in [4.69, 9.17) is 5.11 Å². The van der Waals surface area contributed by atoms with Gasteiger partial charge in [-0.2, -0.15) is 0 Å². The van der Waals surface area contributed by atoms with Crippen LogP contribution in [0.4, 0.5) is 0 Å². The minimum atomic E-state index is -0.869. The summed E-state index contributed by atoms with van der Waals surface area (Å²) in [5, 5.41) is 9.02. The zero-order valence-electron chi connectivity index (χ0n) is 9.40. The minimum absolute atomic E-state index is 0.00963. The maximum Gasteiger partial charge on any atom is 0.326 e. The van der Waals surface area contributed by atoms with E-state index in [0.29, 0.717) is 13.0 Å². The third-order valence-corrected chi connectivity index (χ3v) is 3.10. The van der Waals surface area contributed by atoms with Crippen molar-refractivity contribution < 1.29 is 14.7 Å². The largest absolute Gasteiger partial charge is 0.480 e. The van der Waals surface area contributed by atoms with E-state index >= 15 is 0 Å². The first-order valence-electron chi connectivity index (χ1n) is 5.61. The van der Waals surface area contributed by atoms with Crippen LogP contribution in [0.1, 0.15) is 39.5 Å². The molecule has 1 N–H and O–H groups in total. The van der Waals surface area contributed by atoms with Gasteiger partial charge in [0.1, 0.15) is 6.04 Å². The smallest absolute Gasteiger partial charge is 0.326 e. The molecule has 4 nitrogen and oxygen atoms in total. The van der Waals surface area contributed by atoms with Crippen LogP contribution < -0.4 is 0 Å². The number of piperidine rings is 1. The van der Waals surface area contributed by atoms with Gasteiger partial charge in [0.2, 0.25) is 5.91 Å². The van der Waals surface area contributed by atoms with Gasteiger partial charge in [0.05, 0.1) is 0 Å². The van der Waals surface area contributed by atoms with Crippen LogP contribution in [-0.2, 0) is 9.59 Å². The van der Waals surface area contributed by atoms with Crippen LogP contribution in [0, 0.1) is 5.92 Å². The maximum absolute atomic E-state index is 11.9. The number of carbonyl (C=O) groups excluding carboxylic acids is 1. The highest BCUT2D eigenvalue weighted by Gasteiger charge is 2.33. The number of carbonyl (C=O) groups is 2. The Hall–Kier alpha value is -1.06. The molecule has 1 amide bonds. The fourth-order valence-electron chi connectivity index (χ4n) is 1.91. The van der Waals surface area contributed by atoms with E-state index in [0.717, 1.165) is 19.3 Å². The summed E-state index contributed by atoms with van der Waals surface area (Å²) < 4.78 is 0. The highest BCUT2D eigenvalue weighted by molar-refractivity contribution is 5.85. The van der Waals surface area contributed by atoms with Gasteiger partial charge in [-0.05, 0) is 25.7 Å². The van der Waals surface area contributed by atoms with Gasteiger partial charge in [0, 0.05) is 12.5 Å². The molecule has 0 spiro atoms. The van der Waals surface area contributed by atoms with E-state index in [1.807, 2.05) is 13.8 Å². The van der Waals surface area contributed by atoms with E-state index in [1.165, 1.54) is 0 Å². The topological polar surface area (TPSA) is 57.6 Å². The molecule has 1 rings (SSSR count). The van der Waals surface area contributed by atoms with Crippen molar-refractivity contribution in [2.75, 3.05) is 6.54 Å². The van der Waals surface area contributed by atoms with Crippen LogP contribution in [-0.4, -0.2) is 34.5 Å². The number of carboxylic acid groups (broad SMARTS) is 1. The number of carboxylic acids is 1. The summed E-state index contributed by atoms with van der Waals surface area (Å²) in [5.41, 5.74) is 0. The van der Waals surface area contributed by atoms with Gasteiger partial charge in [-0.1, -0.05) is 13.8 Å². The fourth-order valence-corrected chi connectivity index (χ4v) is 1.91. The van der Waals surface area contributed by atoms with Crippen LogP contribution in [0.25, 0.3) is 0 Å². The Bertz CT molecular complexity index is 252. The summed E-state index contributed by atoms with van der Waals surface area (Å²) >= 11 is 0. The van der Waals surface area contributed by atoms with Crippen LogP contribution in [0.15, 0.2) is 0 Å². The van der Waals surface area contributed by atoms with Crippen molar-refractivity contribution >= 4 is 11.9 Å². The van der Waals surface area contributed by atoms with Gasteiger partial charge in [-0.15, -0.1) is 0 Å². The molecule has 86 valence electrons. The summed E-state index contributed by atoms with van der Waals surface area (Å²) in [6.07, 6.45) is 3.19. The number of rotatable bonds is 3. The second-order valence-electron chi connectivity index (χ2n) is 4.19. The Kier molecular flexibility index (Phi) is 4.12. The Balaban J connectivity index is 2.71. The molecule has 1 fully saturated rings. The zero-order chi connectivity index (χ0) is 11.4. The molecule has 0 aliphatic carbocycles. The molecule has 2 atom stereocenters. The van der Waals surface area contributed by atoms with Crippen LogP contribution in [0.3, 0.4) is 0 Å². The number of hydrogen-bond acceptors (Lipinski definition) is 2. The number of hydrogen-bond donors (Lipinski definition) is 1. The number of amides is 1. The third-order valence-electron chi connectivity index (χ3n) is 3.10. The zero-order valence-corrected chi connectivity index (χ0v) is 9.40. The van der Waals surface area contributed by atoms with Crippen LogP contribution >= 0.6 is 0 Å². The van der Waals surface area contributed by atoms with Crippen molar-refractivity contribution in [1.29, 1.82) is 0 Å². The first-order valence-corrected chi connectivity index (χ1v) is 5.61. The quantitative estimate of drug-likeness (QED) is 0.772. The van der Waals surface area contributed by atoms with Crippen molar-refractivity contribution in [2.24, 2.45) is 5.92 Å². The van der Waals surface area contributed by atoms with E-state index in [-0.39, 0.29) is 11.8 Å². The van der Waals surface area contributed by atoms with Gasteiger partial charge in [0.15, 0.2) is 0 Å². The van der Waals surface area contributed by atoms with Gasteiger partial charge in [-0.3, -0.25) is 4.79 Å². The van der Waals surface area contributed by atoms with E-state index in [1.54, 1.807) is 4.90 Å². The lowest BCUT2D eigenvalue weighted by Crippen LogP contribution is -2.49. The second kappa shape index (κ2) is 5.14. The summed E-state index contributed by atoms with van der Waals surface area (Å²) in [5.74, 6) is -0.944. The first-order chi connectivity index (χ1) is 7.07. The van der Waals surface area contributed by atoms with Crippen molar-refractivity contribution in [1.82, 2.24) is 4.90 Å². The summed E-state index contributed by atoms with van der Waals surface area (Å²) in [4.78, 5) is 24.4. The van der Waals surface area contributed by atoms with Gasteiger partial charge < -0.3 is 10.0 Å². The number of likely N-dealkylation sites (tertiary alicyclic amines) is 1. The fraction of sp³-hybridized carbons (Fsp3) is 0.818. The molecule has 0 aromatic rings. The molecule has 0 bridgehead atoms. The third kappa shape index (κ3) is 2.70. The monoisotopic (exact) mass is 213 g/mol. The van der Waals surface area contributed by atoms with E-state index in [9.17, 15) is 9.59 Å². The second-order valence-corrected chi connectivity index (χ2v) is 4.19. The lowest BCUT2D eigenvalue weighted by atomic mass is 9.99. The van der Waals surface area contributed by atoms with Crippen LogP contribution in [0.5, 0.6) is 0 Å². The predicted molar refractivity (Wildman–Crippen MR) is 56.4 cm³/mol. The molecule has 1 aliphatic heterocycles. The average Bonchev–Trinajstić information content (AvgIpc) is 2.27. The number of nitrogens with zero attached hydrogens (tertiary/aromatic N) is 1. The number of aliphatic carboxylic acids is 1. The molecule has 0 radical (unpaired) electrons. The summed E-state index contributed by atoms with van der Waals surface area (Å²) in [7, 11) is 0. The van der Waals surface area contributed by atoms with Crippen molar-refractivity contribution in [3.05, 3.63) is 0 Å². The first kappa shape index (κ1) is 12.0. The van der Waals surface area contributed by atoms with Crippen molar-refractivity contribution in [3.8, 4) is 0 Å². The highest BCUT2D eigenvalue weighted by atomic mass is 16.4. The molecule has 15 heavy (non-hydrogen) atoms.